The number of aromatic nitrogens is 1. The van der Waals surface area contributed by atoms with E-state index in [4.69, 9.17) is 4.42 Å². The highest BCUT2D eigenvalue weighted by atomic mass is 79.9. The van der Waals surface area contributed by atoms with Gasteiger partial charge in [0, 0.05) is 15.6 Å². The first-order chi connectivity index (χ1) is 12.0. The number of carbonyl (C=O) groups excluding carboxylic acids is 1. The lowest BCUT2D eigenvalue weighted by atomic mass is 10.2. The van der Waals surface area contributed by atoms with E-state index in [9.17, 15) is 4.79 Å². The molecule has 1 atom stereocenters. The van der Waals surface area contributed by atoms with Gasteiger partial charge < -0.3 is 9.73 Å². The Morgan fingerprint density at radius 1 is 1.20 bits per heavy atom. The van der Waals surface area contributed by atoms with Gasteiger partial charge in [-0.25, -0.2) is 4.98 Å². The summed E-state index contributed by atoms with van der Waals surface area (Å²) in [5.41, 5.74) is 0.618. The predicted octanol–water partition coefficient (Wildman–Crippen LogP) is 5.39. The average molecular weight is 417 g/mol. The van der Waals surface area contributed by atoms with Crippen molar-refractivity contribution >= 4 is 33.6 Å². The summed E-state index contributed by atoms with van der Waals surface area (Å²) in [5.74, 6) is 1.43. The van der Waals surface area contributed by atoms with Crippen LogP contribution in [0.15, 0.2) is 73.5 Å². The molecule has 0 bridgehead atoms. The molecule has 0 aliphatic carbocycles. The normalized spacial score (nSPS) is 12.0. The van der Waals surface area contributed by atoms with Crippen molar-refractivity contribution in [3.8, 4) is 0 Å². The molecule has 1 unspecified atom stereocenters. The third-order valence-electron chi connectivity index (χ3n) is 3.58. The van der Waals surface area contributed by atoms with Crippen molar-refractivity contribution < 1.29 is 9.21 Å². The zero-order chi connectivity index (χ0) is 17.8. The van der Waals surface area contributed by atoms with Crippen LogP contribution in [0.4, 0.5) is 0 Å². The van der Waals surface area contributed by atoms with E-state index in [2.05, 4.69) is 26.2 Å². The second kappa shape index (κ2) is 7.89. The number of carbonyl (C=O) groups is 1. The Morgan fingerprint density at radius 2 is 2.00 bits per heavy atom. The summed E-state index contributed by atoms with van der Waals surface area (Å²) in [6.07, 6.45) is 1.74. The van der Waals surface area contributed by atoms with E-state index >= 15 is 0 Å². The predicted molar refractivity (Wildman–Crippen MR) is 102 cm³/mol. The number of benzene rings is 1. The summed E-state index contributed by atoms with van der Waals surface area (Å²) in [6.45, 7) is 3.79. The first-order valence-electron chi connectivity index (χ1n) is 7.78. The number of hydrogen-bond acceptors (Lipinski definition) is 4. The largest absolute Gasteiger partial charge is 0.464 e. The quantitative estimate of drug-likeness (QED) is 0.605. The molecule has 0 aliphatic rings. The van der Waals surface area contributed by atoms with E-state index < -0.39 is 0 Å². The fourth-order valence-electron chi connectivity index (χ4n) is 2.31. The lowest BCUT2D eigenvalue weighted by Crippen LogP contribution is -2.26. The molecule has 6 heteroatoms. The Kier molecular flexibility index (Phi) is 5.60. The molecule has 0 aliphatic heterocycles. The van der Waals surface area contributed by atoms with Crippen LogP contribution in [0.1, 0.15) is 34.8 Å². The number of amides is 1. The molecular formula is C19H17BrN2O2S. The van der Waals surface area contributed by atoms with E-state index in [0.717, 1.165) is 25.9 Å². The molecule has 25 heavy (non-hydrogen) atoms. The molecule has 0 radical (unpaired) electrons. The van der Waals surface area contributed by atoms with Gasteiger partial charge in [-0.1, -0.05) is 23.9 Å². The van der Waals surface area contributed by atoms with E-state index in [1.807, 2.05) is 62.4 Å². The summed E-state index contributed by atoms with van der Waals surface area (Å²) in [5, 5.41) is 3.82. The van der Waals surface area contributed by atoms with E-state index in [1.165, 1.54) is 11.8 Å². The molecule has 0 saturated carbocycles. The molecule has 128 valence electrons. The SMILES string of the molecule is Cc1ccc(C(C)NC(=O)c2ccccc2Sc2ccc(Br)cn2)o1. The average Bonchev–Trinajstić information content (AvgIpc) is 3.04. The maximum absolute atomic E-state index is 12.7. The van der Waals surface area contributed by atoms with Gasteiger partial charge in [-0.2, -0.15) is 0 Å². The molecule has 0 spiro atoms. The van der Waals surface area contributed by atoms with Crippen molar-refractivity contribution in [2.24, 2.45) is 0 Å². The Morgan fingerprint density at radius 3 is 2.68 bits per heavy atom. The number of furan rings is 1. The van der Waals surface area contributed by atoms with Crippen LogP contribution < -0.4 is 5.32 Å². The zero-order valence-electron chi connectivity index (χ0n) is 13.8. The van der Waals surface area contributed by atoms with E-state index in [-0.39, 0.29) is 11.9 Å². The lowest BCUT2D eigenvalue weighted by molar-refractivity contribution is 0.0932. The standard InChI is InChI=1S/C19H17BrN2O2S/c1-12-7-9-16(24-12)13(2)22-19(23)15-5-3-4-6-17(15)25-18-10-8-14(20)11-21-18/h3-11,13H,1-2H3,(H,22,23). The second-order valence-corrected chi connectivity index (χ2v) is 7.53. The minimum Gasteiger partial charge on any atom is -0.464 e. The Bertz CT molecular complexity index is 877. The third kappa shape index (κ3) is 4.52. The molecule has 1 amide bonds. The number of aryl methyl sites for hydroxylation is 1. The summed E-state index contributed by atoms with van der Waals surface area (Å²) >= 11 is 4.84. The van der Waals surface area contributed by atoms with Crippen LogP contribution in [0.5, 0.6) is 0 Å². The van der Waals surface area contributed by atoms with Gasteiger partial charge in [0.05, 0.1) is 11.6 Å². The molecule has 1 aromatic carbocycles. The Hall–Kier alpha value is -2.05. The minimum absolute atomic E-state index is 0.137. The highest BCUT2D eigenvalue weighted by molar-refractivity contribution is 9.10. The van der Waals surface area contributed by atoms with Gasteiger partial charge in [0.15, 0.2) is 0 Å². The number of hydrogen-bond donors (Lipinski definition) is 1. The van der Waals surface area contributed by atoms with Crippen LogP contribution in [0.2, 0.25) is 0 Å². The van der Waals surface area contributed by atoms with Gasteiger partial charge in [0.1, 0.15) is 16.5 Å². The smallest absolute Gasteiger partial charge is 0.253 e. The van der Waals surface area contributed by atoms with Gasteiger partial charge in [-0.05, 0) is 66.2 Å². The second-order valence-electron chi connectivity index (χ2n) is 5.56. The molecule has 2 heterocycles. The number of nitrogens with zero attached hydrogens (tertiary/aromatic N) is 1. The van der Waals surface area contributed by atoms with Crippen molar-refractivity contribution in [1.82, 2.24) is 10.3 Å². The maximum Gasteiger partial charge on any atom is 0.253 e. The van der Waals surface area contributed by atoms with Crippen LogP contribution in [0, 0.1) is 6.92 Å². The number of pyridine rings is 1. The number of rotatable bonds is 5. The molecule has 3 aromatic rings. The molecular weight excluding hydrogens is 400 g/mol. The highest BCUT2D eigenvalue weighted by Gasteiger charge is 2.17. The van der Waals surface area contributed by atoms with Crippen LogP contribution in [0.3, 0.4) is 0 Å². The molecule has 2 aromatic heterocycles. The molecule has 3 rings (SSSR count). The first-order valence-corrected chi connectivity index (χ1v) is 9.39. The van der Waals surface area contributed by atoms with Crippen LogP contribution in [0.25, 0.3) is 0 Å². The molecule has 4 nitrogen and oxygen atoms in total. The van der Waals surface area contributed by atoms with E-state index in [1.54, 1.807) is 6.20 Å². The van der Waals surface area contributed by atoms with Crippen molar-refractivity contribution in [3.63, 3.8) is 0 Å². The highest BCUT2D eigenvalue weighted by Crippen LogP contribution is 2.30. The van der Waals surface area contributed by atoms with Crippen LogP contribution >= 0.6 is 27.7 Å². The van der Waals surface area contributed by atoms with Gasteiger partial charge in [0.25, 0.3) is 5.91 Å². The topological polar surface area (TPSA) is 55.1 Å². The number of halogens is 1. The van der Waals surface area contributed by atoms with Crippen molar-refractivity contribution in [2.75, 3.05) is 0 Å². The van der Waals surface area contributed by atoms with Crippen molar-refractivity contribution in [2.45, 2.75) is 29.8 Å². The minimum atomic E-state index is -0.204. The molecule has 0 fully saturated rings. The monoisotopic (exact) mass is 416 g/mol. The van der Waals surface area contributed by atoms with Gasteiger partial charge in [0.2, 0.25) is 0 Å². The Labute approximate surface area is 159 Å². The van der Waals surface area contributed by atoms with Crippen LogP contribution in [-0.4, -0.2) is 10.9 Å². The summed E-state index contributed by atoms with van der Waals surface area (Å²) in [7, 11) is 0. The lowest BCUT2D eigenvalue weighted by Gasteiger charge is -2.13. The van der Waals surface area contributed by atoms with Crippen LogP contribution in [-0.2, 0) is 0 Å². The summed E-state index contributed by atoms with van der Waals surface area (Å²) < 4.78 is 6.51. The summed E-state index contributed by atoms with van der Waals surface area (Å²) in [4.78, 5) is 17.9. The van der Waals surface area contributed by atoms with Gasteiger partial charge in [-0.15, -0.1) is 0 Å². The van der Waals surface area contributed by atoms with Gasteiger partial charge in [-0.3, -0.25) is 4.79 Å². The Balaban J connectivity index is 1.77. The van der Waals surface area contributed by atoms with Gasteiger partial charge >= 0.3 is 0 Å². The van der Waals surface area contributed by atoms with E-state index in [0.29, 0.717) is 5.56 Å². The first kappa shape index (κ1) is 17.8. The third-order valence-corrected chi connectivity index (χ3v) is 5.08. The number of nitrogens with one attached hydrogen (secondary N) is 1. The molecule has 0 saturated heterocycles. The van der Waals surface area contributed by atoms with Crippen molar-refractivity contribution in [1.29, 1.82) is 0 Å². The summed E-state index contributed by atoms with van der Waals surface area (Å²) in [6, 6.07) is 14.9. The fourth-order valence-corrected chi connectivity index (χ4v) is 3.43. The molecule has 1 N–H and O–H groups in total. The zero-order valence-corrected chi connectivity index (χ0v) is 16.2. The maximum atomic E-state index is 12.7. The van der Waals surface area contributed by atoms with Crippen molar-refractivity contribution in [3.05, 3.63) is 76.3 Å². The fraction of sp³-hybridized carbons (Fsp3) is 0.158.